The van der Waals surface area contributed by atoms with E-state index in [9.17, 15) is 0 Å². The molecule has 1 N–H and O–H groups in total. The second kappa shape index (κ2) is 3.64. The van der Waals surface area contributed by atoms with E-state index in [0.29, 0.717) is 5.56 Å². The molecular formula is C10H7ClN2O. The highest BCUT2D eigenvalue weighted by atomic mass is 35.5. The lowest BCUT2D eigenvalue weighted by Crippen LogP contribution is -1.90. The van der Waals surface area contributed by atoms with Crippen molar-refractivity contribution in [1.29, 1.82) is 0 Å². The molecule has 1 heterocycles. The Hall–Kier alpha value is -1.61. The zero-order chi connectivity index (χ0) is 9.97. The molecule has 1 aromatic heterocycles. The zero-order valence-electron chi connectivity index (χ0n) is 7.18. The van der Waals surface area contributed by atoms with E-state index in [4.69, 9.17) is 16.8 Å². The van der Waals surface area contributed by atoms with Crippen molar-refractivity contribution < 1.29 is 5.21 Å². The van der Waals surface area contributed by atoms with Crippen molar-refractivity contribution >= 4 is 27.7 Å². The van der Waals surface area contributed by atoms with E-state index < -0.39 is 0 Å². The Labute approximate surface area is 85.6 Å². The molecule has 0 radical (unpaired) electrons. The smallest absolute Gasteiger partial charge is 0.175 e. The van der Waals surface area contributed by atoms with Gasteiger partial charge in [-0.2, -0.15) is 0 Å². The van der Waals surface area contributed by atoms with E-state index in [1.165, 1.54) is 0 Å². The predicted octanol–water partition coefficient (Wildman–Crippen LogP) is 2.61. The van der Waals surface area contributed by atoms with Gasteiger partial charge in [-0.1, -0.05) is 22.8 Å². The lowest BCUT2D eigenvalue weighted by atomic mass is 10.1. The average Bonchev–Trinajstić information content (AvgIpc) is 2.27. The van der Waals surface area contributed by atoms with Gasteiger partial charge in [-0.05, 0) is 24.3 Å². The minimum absolute atomic E-state index is 0.0794. The molecule has 3 nitrogen and oxygen atoms in total. The van der Waals surface area contributed by atoms with Gasteiger partial charge < -0.3 is 5.21 Å². The molecule has 0 aliphatic heterocycles. The molecule has 0 fully saturated rings. The molecule has 2 rings (SSSR count). The predicted molar refractivity (Wildman–Crippen MR) is 55.9 cm³/mol. The highest BCUT2D eigenvalue weighted by molar-refractivity contribution is 6.69. The number of pyridine rings is 1. The Morgan fingerprint density at radius 2 is 2.21 bits per heavy atom. The molecule has 1 aromatic carbocycles. The van der Waals surface area contributed by atoms with Crippen molar-refractivity contribution in [2.24, 2.45) is 5.16 Å². The van der Waals surface area contributed by atoms with Crippen molar-refractivity contribution in [3.63, 3.8) is 0 Å². The Morgan fingerprint density at radius 3 is 3.00 bits per heavy atom. The monoisotopic (exact) mass is 206 g/mol. The second-order valence-electron chi connectivity index (χ2n) is 2.80. The zero-order valence-corrected chi connectivity index (χ0v) is 7.94. The van der Waals surface area contributed by atoms with Crippen LogP contribution in [0.4, 0.5) is 0 Å². The van der Waals surface area contributed by atoms with E-state index in [2.05, 4.69) is 10.1 Å². The molecular weight excluding hydrogens is 200 g/mol. The number of oxime groups is 1. The normalized spacial score (nSPS) is 11.9. The molecule has 70 valence electrons. The molecule has 0 saturated carbocycles. The average molecular weight is 207 g/mol. The molecule has 2 aromatic rings. The summed E-state index contributed by atoms with van der Waals surface area (Å²) in [6.07, 6.45) is 1.73. The van der Waals surface area contributed by atoms with Gasteiger partial charge in [-0.25, -0.2) is 0 Å². The summed E-state index contributed by atoms with van der Waals surface area (Å²) in [7, 11) is 0. The van der Waals surface area contributed by atoms with Gasteiger partial charge >= 0.3 is 0 Å². The van der Waals surface area contributed by atoms with E-state index in [1.807, 2.05) is 24.3 Å². The summed E-state index contributed by atoms with van der Waals surface area (Å²) in [6, 6.07) is 9.18. The van der Waals surface area contributed by atoms with Crippen molar-refractivity contribution in [3.8, 4) is 0 Å². The fourth-order valence-corrected chi connectivity index (χ4v) is 1.38. The highest BCUT2D eigenvalue weighted by Gasteiger charge is 2.01. The van der Waals surface area contributed by atoms with Crippen LogP contribution in [0, 0.1) is 0 Å². The van der Waals surface area contributed by atoms with Crippen molar-refractivity contribution in [2.45, 2.75) is 0 Å². The van der Waals surface area contributed by atoms with Crippen LogP contribution in [0.25, 0.3) is 10.9 Å². The minimum Gasteiger partial charge on any atom is -0.410 e. The highest BCUT2D eigenvalue weighted by Crippen LogP contribution is 2.14. The van der Waals surface area contributed by atoms with Crippen molar-refractivity contribution in [1.82, 2.24) is 4.98 Å². The molecule has 0 spiro atoms. The third-order valence-electron chi connectivity index (χ3n) is 1.93. The first kappa shape index (κ1) is 8.97. The third-order valence-corrected chi connectivity index (χ3v) is 2.22. The van der Waals surface area contributed by atoms with Gasteiger partial charge in [0.25, 0.3) is 0 Å². The summed E-state index contributed by atoms with van der Waals surface area (Å²) < 4.78 is 0. The summed E-state index contributed by atoms with van der Waals surface area (Å²) >= 11 is 5.67. The first-order chi connectivity index (χ1) is 6.81. The second-order valence-corrected chi connectivity index (χ2v) is 3.16. The maximum Gasteiger partial charge on any atom is 0.175 e. The first-order valence-corrected chi connectivity index (χ1v) is 4.42. The number of halogens is 1. The number of fused-ring (bicyclic) bond motifs is 1. The molecule has 0 saturated heterocycles. The third kappa shape index (κ3) is 1.54. The maximum atomic E-state index is 8.50. The topological polar surface area (TPSA) is 45.5 Å². The van der Waals surface area contributed by atoms with E-state index in [1.54, 1.807) is 12.3 Å². The van der Waals surface area contributed by atoms with Crippen LogP contribution < -0.4 is 0 Å². The summed E-state index contributed by atoms with van der Waals surface area (Å²) in [5.41, 5.74) is 1.56. The van der Waals surface area contributed by atoms with Crippen LogP contribution in [0.2, 0.25) is 0 Å². The lowest BCUT2D eigenvalue weighted by molar-refractivity contribution is 0.321. The lowest BCUT2D eigenvalue weighted by Gasteiger charge is -1.99. The van der Waals surface area contributed by atoms with Gasteiger partial charge in [0, 0.05) is 17.1 Å². The number of benzene rings is 1. The van der Waals surface area contributed by atoms with E-state index in [-0.39, 0.29) is 5.17 Å². The van der Waals surface area contributed by atoms with E-state index in [0.717, 1.165) is 10.9 Å². The van der Waals surface area contributed by atoms with E-state index >= 15 is 0 Å². The first-order valence-electron chi connectivity index (χ1n) is 4.04. The molecule has 0 amide bonds. The van der Waals surface area contributed by atoms with Crippen molar-refractivity contribution in [3.05, 3.63) is 42.1 Å². The van der Waals surface area contributed by atoms with Gasteiger partial charge in [0.15, 0.2) is 5.17 Å². The van der Waals surface area contributed by atoms with Crippen LogP contribution in [-0.4, -0.2) is 15.4 Å². The SMILES string of the molecule is O/N=C(/Cl)c1ccc2ncccc2c1. The molecule has 0 bridgehead atoms. The van der Waals surface area contributed by atoms with Crippen LogP contribution in [0.5, 0.6) is 0 Å². The Balaban J connectivity index is 2.62. The van der Waals surface area contributed by atoms with Crippen LogP contribution in [0.15, 0.2) is 41.7 Å². The van der Waals surface area contributed by atoms with Crippen LogP contribution in [0.1, 0.15) is 5.56 Å². The van der Waals surface area contributed by atoms with Gasteiger partial charge in [0.2, 0.25) is 0 Å². The van der Waals surface area contributed by atoms with Gasteiger partial charge in [-0.3, -0.25) is 4.98 Å². The standard InChI is InChI=1S/C10H7ClN2O/c11-10(13-14)8-3-4-9-7(6-8)2-1-5-12-9/h1-6,14H/b13-10+. The van der Waals surface area contributed by atoms with Gasteiger partial charge in [0.1, 0.15) is 0 Å². The van der Waals surface area contributed by atoms with Crippen LogP contribution in [-0.2, 0) is 0 Å². The fourth-order valence-electron chi connectivity index (χ4n) is 1.26. The quantitative estimate of drug-likeness (QED) is 0.443. The van der Waals surface area contributed by atoms with Crippen LogP contribution >= 0.6 is 11.6 Å². The number of rotatable bonds is 1. The molecule has 0 atom stereocenters. The summed E-state index contributed by atoms with van der Waals surface area (Å²) in [4.78, 5) is 4.16. The summed E-state index contributed by atoms with van der Waals surface area (Å²) in [6.45, 7) is 0. The number of hydrogen-bond donors (Lipinski definition) is 1. The van der Waals surface area contributed by atoms with Gasteiger partial charge in [-0.15, -0.1) is 0 Å². The number of nitrogens with zero attached hydrogens (tertiary/aromatic N) is 2. The fraction of sp³-hybridized carbons (Fsp3) is 0. The molecule has 4 heteroatoms. The Morgan fingerprint density at radius 1 is 1.36 bits per heavy atom. The maximum absolute atomic E-state index is 8.50. The Bertz CT molecular complexity index is 496. The largest absolute Gasteiger partial charge is 0.410 e. The van der Waals surface area contributed by atoms with Gasteiger partial charge in [0.05, 0.1) is 5.52 Å². The molecule has 0 unspecified atom stereocenters. The number of aromatic nitrogens is 1. The Kier molecular flexibility index (Phi) is 2.33. The van der Waals surface area contributed by atoms with Crippen molar-refractivity contribution in [2.75, 3.05) is 0 Å². The summed E-state index contributed by atoms with van der Waals surface area (Å²) in [5, 5.41) is 12.5. The number of hydrogen-bond acceptors (Lipinski definition) is 3. The van der Waals surface area contributed by atoms with Crippen LogP contribution in [0.3, 0.4) is 0 Å². The minimum atomic E-state index is 0.0794. The molecule has 0 aliphatic carbocycles. The molecule has 14 heavy (non-hydrogen) atoms. The molecule has 0 aliphatic rings. The summed E-state index contributed by atoms with van der Waals surface area (Å²) in [5.74, 6) is 0.